The third-order valence-electron chi connectivity index (χ3n) is 7.36. The van der Waals surface area contributed by atoms with Crippen molar-refractivity contribution < 1.29 is 17.9 Å². The maximum atomic E-state index is 14.3. The van der Waals surface area contributed by atoms with Crippen LogP contribution in [0, 0.1) is 5.82 Å². The molecule has 0 amide bonds. The van der Waals surface area contributed by atoms with Gasteiger partial charge in [0.2, 0.25) is 0 Å². The Kier molecular flexibility index (Phi) is 5.97. The molecule has 1 aliphatic heterocycles. The number of nitrogens with zero attached hydrogens (tertiary/aromatic N) is 5. The normalized spacial score (nSPS) is 15.2. The van der Waals surface area contributed by atoms with Gasteiger partial charge in [-0.3, -0.25) is 15.0 Å². The van der Waals surface area contributed by atoms with Gasteiger partial charge < -0.3 is 9.72 Å². The lowest BCUT2D eigenvalue weighted by atomic mass is 10.0. The second kappa shape index (κ2) is 9.70. The summed E-state index contributed by atoms with van der Waals surface area (Å²) in [6.45, 7) is 0.512. The van der Waals surface area contributed by atoms with Gasteiger partial charge in [-0.05, 0) is 59.2 Å². The van der Waals surface area contributed by atoms with Gasteiger partial charge in [-0.15, -0.1) is 0 Å². The first kappa shape index (κ1) is 25.2. The number of rotatable bonds is 6. The summed E-state index contributed by atoms with van der Waals surface area (Å²) in [7, 11) is 1.50. The number of nitrogens with one attached hydrogen (secondary N) is 2. The number of halogens is 3. The van der Waals surface area contributed by atoms with Crippen molar-refractivity contribution >= 4 is 22.1 Å². The smallest absolute Gasteiger partial charge is 0.261 e. The summed E-state index contributed by atoms with van der Waals surface area (Å²) in [4.78, 5) is 18.8. The standard InChI is InChI=1S/C30H24F3N7O/c1-41-21-10-18(9-20(31)11-21)22-4-6-35-29-23(22)12-26(37-29)28-27-25(38-39-28)3-2-24(36-27)19-8-17(13-34-14-19)15-40-7-5-30(32,33)16-40/h2-4,6,8-14H,5,7,15-16H2,1H3,(H,35,37)(H,38,39). The Balaban J connectivity index is 1.25. The van der Waals surface area contributed by atoms with Crippen molar-refractivity contribution in [1.82, 2.24) is 35.0 Å². The van der Waals surface area contributed by atoms with E-state index in [0.717, 1.165) is 27.6 Å². The van der Waals surface area contributed by atoms with E-state index in [1.165, 1.54) is 19.2 Å². The number of aromatic amines is 2. The summed E-state index contributed by atoms with van der Waals surface area (Å²) in [5, 5.41) is 8.35. The molecule has 1 saturated heterocycles. The summed E-state index contributed by atoms with van der Waals surface area (Å²) < 4.78 is 46.8. The van der Waals surface area contributed by atoms with E-state index in [4.69, 9.17) is 9.72 Å². The second-order valence-corrected chi connectivity index (χ2v) is 10.2. The minimum atomic E-state index is -2.64. The summed E-state index contributed by atoms with van der Waals surface area (Å²) in [6.07, 6.45) is 4.95. The summed E-state index contributed by atoms with van der Waals surface area (Å²) in [5.41, 5.74) is 7.08. The van der Waals surface area contributed by atoms with Gasteiger partial charge in [0.15, 0.2) is 0 Å². The maximum absolute atomic E-state index is 14.3. The van der Waals surface area contributed by atoms with Crippen molar-refractivity contribution in [2.24, 2.45) is 0 Å². The highest BCUT2D eigenvalue weighted by molar-refractivity contribution is 5.99. The van der Waals surface area contributed by atoms with Crippen molar-refractivity contribution in [3.63, 3.8) is 0 Å². The molecule has 206 valence electrons. The molecule has 2 N–H and O–H groups in total. The van der Waals surface area contributed by atoms with E-state index in [9.17, 15) is 13.2 Å². The van der Waals surface area contributed by atoms with Crippen LogP contribution in [-0.2, 0) is 6.54 Å². The molecule has 11 heteroatoms. The minimum absolute atomic E-state index is 0.122. The second-order valence-electron chi connectivity index (χ2n) is 10.2. The monoisotopic (exact) mass is 555 g/mol. The zero-order valence-corrected chi connectivity index (χ0v) is 22.0. The number of alkyl halides is 2. The van der Waals surface area contributed by atoms with Crippen LogP contribution < -0.4 is 4.74 Å². The summed E-state index contributed by atoms with van der Waals surface area (Å²) in [6, 6.07) is 14.0. The molecule has 0 atom stereocenters. The zero-order valence-electron chi connectivity index (χ0n) is 22.0. The van der Waals surface area contributed by atoms with Gasteiger partial charge in [-0.25, -0.2) is 23.1 Å². The van der Waals surface area contributed by atoms with Gasteiger partial charge >= 0.3 is 0 Å². The van der Waals surface area contributed by atoms with E-state index < -0.39 is 11.7 Å². The molecule has 6 heterocycles. The number of benzene rings is 1. The first-order valence-corrected chi connectivity index (χ1v) is 13.1. The zero-order chi connectivity index (χ0) is 28.1. The lowest BCUT2D eigenvalue weighted by molar-refractivity contribution is 0.0115. The van der Waals surface area contributed by atoms with E-state index in [1.807, 2.05) is 30.3 Å². The minimum Gasteiger partial charge on any atom is -0.497 e. The number of likely N-dealkylation sites (tertiary alicyclic amines) is 1. The summed E-state index contributed by atoms with van der Waals surface area (Å²) >= 11 is 0. The van der Waals surface area contributed by atoms with Crippen molar-refractivity contribution in [1.29, 1.82) is 0 Å². The number of ether oxygens (including phenoxy) is 1. The Morgan fingerprint density at radius 1 is 1.05 bits per heavy atom. The molecule has 0 bridgehead atoms. The predicted octanol–water partition coefficient (Wildman–Crippen LogP) is 6.22. The molecule has 41 heavy (non-hydrogen) atoms. The SMILES string of the molecule is COc1cc(F)cc(-c2ccnc3[nH]c(-c4n[nH]c5ccc(-c6cncc(CN7CCC(F)(F)C7)c6)nc45)cc23)c1. The first-order valence-electron chi connectivity index (χ1n) is 13.1. The third-order valence-corrected chi connectivity index (χ3v) is 7.36. The number of aromatic nitrogens is 6. The van der Waals surface area contributed by atoms with Crippen LogP contribution in [0.25, 0.3) is 55.8 Å². The first-order chi connectivity index (χ1) is 19.8. The van der Waals surface area contributed by atoms with Crippen LogP contribution >= 0.6 is 0 Å². The number of hydrogen-bond donors (Lipinski definition) is 2. The molecule has 8 nitrogen and oxygen atoms in total. The van der Waals surface area contributed by atoms with Crippen molar-refractivity contribution in [3.05, 3.63) is 78.5 Å². The molecule has 1 aliphatic rings. The Bertz CT molecular complexity index is 1920. The van der Waals surface area contributed by atoms with Gasteiger partial charge in [0, 0.05) is 55.1 Å². The Morgan fingerprint density at radius 2 is 1.95 bits per heavy atom. The van der Waals surface area contributed by atoms with Crippen LogP contribution in [0.5, 0.6) is 5.75 Å². The molecule has 1 fully saturated rings. The fourth-order valence-corrected chi connectivity index (χ4v) is 5.40. The molecule has 1 aromatic carbocycles. The van der Waals surface area contributed by atoms with Crippen LogP contribution in [0.4, 0.5) is 13.2 Å². The van der Waals surface area contributed by atoms with Crippen molar-refractivity contribution in [2.45, 2.75) is 18.9 Å². The van der Waals surface area contributed by atoms with E-state index >= 15 is 0 Å². The molecular formula is C30H24F3N7O. The van der Waals surface area contributed by atoms with Crippen LogP contribution in [-0.4, -0.2) is 61.2 Å². The largest absolute Gasteiger partial charge is 0.497 e. The van der Waals surface area contributed by atoms with Crippen LogP contribution in [0.2, 0.25) is 0 Å². The molecule has 6 aromatic rings. The maximum Gasteiger partial charge on any atom is 0.261 e. The van der Waals surface area contributed by atoms with Gasteiger partial charge in [-0.2, -0.15) is 5.10 Å². The number of H-pyrrole nitrogens is 2. The number of hydrogen-bond acceptors (Lipinski definition) is 6. The third kappa shape index (κ3) is 4.78. The predicted molar refractivity (Wildman–Crippen MR) is 149 cm³/mol. The lowest BCUT2D eigenvalue weighted by Crippen LogP contribution is -2.24. The highest BCUT2D eigenvalue weighted by Gasteiger charge is 2.37. The highest BCUT2D eigenvalue weighted by atomic mass is 19.3. The fraction of sp³-hybridized carbons (Fsp3) is 0.200. The van der Waals surface area contributed by atoms with Gasteiger partial charge in [-0.1, -0.05) is 0 Å². The molecule has 5 aromatic heterocycles. The Morgan fingerprint density at radius 3 is 2.78 bits per heavy atom. The lowest BCUT2D eigenvalue weighted by Gasteiger charge is -2.15. The molecule has 7 rings (SSSR count). The van der Waals surface area contributed by atoms with Crippen molar-refractivity contribution in [2.75, 3.05) is 20.2 Å². The van der Waals surface area contributed by atoms with Crippen LogP contribution in [0.3, 0.4) is 0 Å². The molecule has 0 unspecified atom stereocenters. The average molecular weight is 556 g/mol. The number of methoxy groups -OCH3 is 1. The van der Waals surface area contributed by atoms with Crippen molar-refractivity contribution in [3.8, 4) is 39.5 Å². The van der Waals surface area contributed by atoms with Gasteiger partial charge in [0.05, 0.1) is 30.6 Å². The van der Waals surface area contributed by atoms with E-state index in [1.54, 1.807) is 29.6 Å². The number of fused-ring (bicyclic) bond motifs is 2. The van der Waals surface area contributed by atoms with Gasteiger partial charge in [0.1, 0.15) is 28.4 Å². The highest BCUT2D eigenvalue weighted by Crippen LogP contribution is 2.35. The Labute approximate surface area is 232 Å². The van der Waals surface area contributed by atoms with E-state index in [2.05, 4.69) is 25.1 Å². The fourth-order valence-electron chi connectivity index (χ4n) is 5.40. The average Bonchev–Trinajstić information content (AvgIpc) is 3.68. The summed E-state index contributed by atoms with van der Waals surface area (Å²) in [5.74, 6) is -2.61. The van der Waals surface area contributed by atoms with E-state index in [0.29, 0.717) is 52.6 Å². The molecule has 0 aliphatic carbocycles. The molecule has 0 saturated carbocycles. The van der Waals surface area contributed by atoms with Crippen LogP contribution in [0.1, 0.15) is 12.0 Å². The van der Waals surface area contributed by atoms with Crippen LogP contribution in [0.15, 0.2) is 67.1 Å². The Hall–Kier alpha value is -4.77. The topological polar surface area (TPSA) is 95.6 Å². The number of pyridine rings is 3. The molecule has 0 radical (unpaired) electrons. The van der Waals surface area contributed by atoms with Gasteiger partial charge in [0.25, 0.3) is 5.92 Å². The van der Waals surface area contributed by atoms with E-state index in [-0.39, 0.29) is 13.0 Å². The molecular weight excluding hydrogens is 531 g/mol. The molecule has 0 spiro atoms. The quantitative estimate of drug-likeness (QED) is 0.253.